The fraction of sp³-hybridized carbons (Fsp3) is 0.684. The van der Waals surface area contributed by atoms with Crippen LogP contribution in [0.5, 0.6) is 0 Å². The summed E-state index contributed by atoms with van der Waals surface area (Å²) in [6.45, 7) is 16.1. The van der Waals surface area contributed by atoms with Crippen LogP contribution in [0, 0.1) is 11.8 Å². The highest BCUT2D eigenvalue weighted by Crippen LogP contribution is 2.37. The van der Waals surface area contributed by atoms with Gasteiger partial charge in [0.2, 0.25) is 0 Å². The van der Waals surface area contributed by atoms with Gasteiger partial charge in [-0.25, -0.2) is 8.42 Å². The molecule has 0 saturated heterocycles. The molecule has 0 amide bonds. The smallest absolute Gasteiger partial charge is 0.191 e. The average Bonchev–Trinajstić information content (AvgIpc) is 2.44. The van der Waals surface area contributed by atoms with E-state index >= 15 is 0 Å². The highest BCUT2D eigenvalue weighted by molar-refractivity contribution is 7.91. The zero-order valence-corrected chi connectivity index (χ0v) is 18.1. The molecule has 138 valence electrons. The third-order valence-corrected chi connectivity index (χ3v) is 11.4. The van der Waals surface area contributed by atoms with Crippen molar-refractivity contribution >= 4 is 18.2 Å². The van der Waals surface area contributed by atoms with Gasteiger partial charge in [0.25, 0.3) is 0 Å². The van der Waals surface area contributed by atoms with Gasteiger partial charge in [-0.2, -0.15) is 0 Å². The third kappa shape index (κ3) is 6.34. The van der Waals surface area contributed by atoms with Crippen LogP contribution in [0.3, 0.4) is 0 Å². The van der Waals surface area contributed by atoms with Crippen molar-refractivity contribution in [3.05, 3.63) is 30.3 Å². The summed E-state index contributed by atoms with van der Waals surface area (Å²) in [4.78, 5) is 0.419. The summed E-state index contributed by atoms with van der Waals surface area (Å²) in [6.07, 6.45) is 0.862. The molecule has 0 saturated carbocycles. The van der Waals surface area contributed by atoms with Crippen LogP contribution in [0.1, 0.15) is 41.0 Å². The quantitative estimate of drug-likeness (QED) is 0.595. The minimum absolute atomic E-state index is 0.119. The second-order valence-corrected chi connectivity index (χ2v) is 15.5. The van der Waals surface area contributed by atoms with Crippen LogP contribution < -0.4 is 0 Å². The van der Waals surface area contributed by atoms with Gasteiger partial charge < -0.3 is 4.43 Å². The molecular formula is C19H34O3SSi. The highest BCUT2D eigenvalue weighted by atomic mass is 32.2. The Balaban J connectivity index is 2.55. The first-order chi connectivity index (χ1) is 10.8. The molecule has 0 fully saturated rings. The van der Waals surface area contributed by atoms with Crippen LogP contribution >= 0.6 is 0 Å². The summed E-state index contributed by atoms with van der Waals surface area (Å²) in [6, 6.07) is 8.72. The normalized spacial score (nSPS) is 16.0. The summed E-state index contributed by atoms with van der Waals surface area (Å²) in [5.74, 6) is 0.676. The van der Waals surface area contributed by atoms with Crippen LogP contribution in [0.2, 0.25) is 18.1 Å². The van der Waals surface area contributed by atoms with E-state index in [1.807, 2.05) is 13.0 Å². The molecule has 1 rings (SSSR count). The van der Waals surface area contributed by atoms with Crippen molar-refractivity contribution in [3.63, 3.8) is 0 Å². The van der Waals surface area contributed by atoms with Crippen molar-refractivity contribution in [2.45, 2.75) is 64.1 Å². The maximum absolute atomic E-state index is 12.4. The Morgan fingerprint density at radius 2 is 1.58 bits per heavy atom. The number of hydrogen-bond donors (Lipinski definition) is 0. The largest absolute Gasteiger partial charge is 0.417 e. The molecule has 0 radical (unpaired) electrons. The predicted molar refractivity (Wildman–Crippen MR) is 105 cm³/mol. The Hall–Kier alpha value is -0.653. The molecule has 1 aromatic rings. The topological polar surface area (TPSA) is 43.4 Å². The molecule has 0 N–H and O–H groups in total. The van der Waals surface area contributed by atoms with E-state index in [2.05, 4.69) is 40.8 Å². The lowest BCUT2D eigenvalue weighted by atomic mass is 10.00. The lowest BCUT2D eigenvalue weighted by Gasteiger charge is -2.37. The number of hydrogen-bond acceptors (Lipinski definition) is 3. The maximum atomic E-state index is 12.4. The van der Waals surface area contributed by atoms with Crippen LogP contribution in [-0.4, -0.2) is 29.1 Å². The molecule has 5 heteroatoms. The second kappa shape index (κ2) is 8.15. The third-order valence-electron chi connectivity index (χ3n) is 4.95. The molecule has 0 aliphatic carbocycles. The van der Waals surface area contributed by atoms with Gasteiger partial charge in [0, 0.05) is 6.61 Å². The molecule has 0 unspecified atom stereocenters. The molecule has 2 atom stereocenters. The molecule has 0 aliphatic rings. The Morgan fingerprint density at radius 1 is 1.04 bits per heavy atom. The summed E-state index contributed by atoms with van der Waals surface area (Å²) < 4.78 is 31.2. The van der Waals surface area contributed by atoms with E-state index in [0.717, 1.165) is 6.42 Å². The molecule has 0 spiro atoms. The van der Waals surface area contributed by atoms with E-state index in [0.29, 0.717) is 17.4 Å². The Kier molecular flexibility index (Phi) is 7.26. The van der Waals surface area contributed by atoms with Gasteiger partial charge in [-0.15, -0.1) is 0 Å². The molecule has 0 aliphatic heterocycles. The van der Waals surface area contributed by atoms with Gasteiger partial charge in [0.15, 0.2) is 18.2 Å². The lowest BCUT2D eigenvalue weighted by Crippen LogP contribution is -2.41. The Labute approximate surface area is 149 Å². The van der Waals surface area contributed by atoms with E-state index in [-0.39, 0.29) is 16.7 Å². The number of benzene rings is 1. The van der Waals surface area contributed by atoms with Crippen molar-refractivity contribution in [2.24, 2.45) is 11.8 Å². The molecule has 24 heavy (non-hydrogen) atoms. The van der Waals surface area contributed by atoms with Crippen molar-refractivity contribution in [3.8, 4) is 0 Å². The zero-order valence-electron chi connectivity index (χ0n) is 16.3. The second-order valence-electron chi connectivity index (χ2n) is 8.61. The maximum Gasteiger partial charge on any atom is 0.191 e. The Morgan fingerprint density at radius 3 is 2.08 bits per heavy atom. The van der Waals surface area contributed by atoms with E-state index in [1.165, 1.54) is 0 Å². The first-order valence-corrected chi connectivity index (χ1v) is 13.3. The standard InChI is InChI=1S/C19H34O3SSi/c1-16(14-22-24(6,7)19(3,4)5)13-17(2)15-23(20,21)18-11-9-8-10-12-18/h8-12,16-17H,13-15H2,1-7H3/t16-,17+/m0/s1. The summed E-state index contributed by atoms with van der Waals surface area (Å²) in [5.41, 5.74) is 0. The zero-order chi connectivity index (χ0) is 18.6. The molecule has 0 heterocycles. The summed E-state index contributed by atoms with van der Waals surface area (Å²) >= 11 is 0. The van der Waals surface area contributed by atoms with Gasteiger partial charge in [-0.1, -0.05) is 52.8 Å². The fourth-order valence-corrected chi connectivity index (χ4v) is 5.27. The van der Waals surface area contributed by atoms with Gasteiger partial charge >= 0.3 is 0 Å². The number of sulfone groups is 1. The van der Waals surface area contributed by atoms with E-state index in [9.17, 15) is 8.42 Å². The van der Waals surface area contributed by atoms with Crippen LogP contribution in [0.25, 0.3) is 0 Å². The van der Waals surface area contributed by atoms with Gasteiger partial charge in [-0.3, -0.25) is 0 Å². The van der Waals surface area contributed by atoms with Gasteiger partial charge in [0.05, 0.1) is 10.6 Å². The highest BCUT2D eigenvalue weighted by Gasteiger charge is 2.37. The fourth-order valence-electron chi connectivity index (χ4n) is 2.49. The Bertz CT molecular complexity index is 603. The van der Waals surface area contributed by atoms with E-state index in [1.54, 1.807) is 24.3 Å². The SMILES string of the molecule is C[C@H](CO[Si](C)(C)C(C)(C)C)C[C@@H](C)CS(=O)(=O)c1ccccc1. The minimum atomic E-state index is -3.20. The molecular weight excluding hydrogens is 336 g/mol. The van der Waals surface area contributed by atoms with Crippen LogP contribution in [0.4, 0.5) is 0 Å². The van der Waals surface area contributed by atoms with Crippen molar-refractivity contribution in [2.75, 3.05) is 12.4 Å². The van der Waals surface area contributed by atoms with Crippen LogP contribution in [-0.2, 0) is 14.3 Å². The molecule has 3 nitrogen and oxygen atoms in total. The van der Waals surface area contributed by atoms with Crippen molar-refractivity contribution < 1.29 is 12.8 Å². The molecule has 1 aromatic carbocycles. The van der Waals surface area contributed by atoms with Gasteiger partial charge in [-0.05, 0) is 48.5 Å². The first kappa shape index (κ1) is 21.4. The first-order valence-electron chi connectivity index (χ1n) is 8.77. The van der Waals surface area contributed by atoms with E-state index < -0.39 is 18.2 Å². The summed E-state index contributed by atoms with van der Waals surface area (Å²) in [5, 5.41) is 0.203. The van der Waals surface area contributed by atoms with E-state index in [4.69, 9.17) is 4.43 Å². The number of rotatable bonds is 8. The summed E-state index contributed by atoms with van der Waals surface area (Å²) in [7, 11) is -4.94. The average molecular weight is 371 g/mol. The lowest BCUT2D eigenvalue weighted by molar-refractivity contribution is 0.220. The van der Waals surface area contributed by atoms with Crippen molar-refractivity contribution in [1.29, 1.82) is 0 Å². The monoisotopic (exact) mass is 370 g/mol. The predicted octanol–water partition coefficient (Wildman–Crippen LogP) is 5.14. The molecule has 0 bridgehead atoms. The van der Waals surface area contributed by atoms with Crippen LogP contribution in [0.15, 0.2) is 35.2 Å². The van der Waals surface area contributed by atoms with Gasteiger partial charge in [0.1, 0.15) is 0 Å². The van der Waals surface area contributed by atoms with Crippen molar-refractivity contribution in [1.82, 2.24) is 0 Å². The molecule has 0 aromatic heterocycles. The minimum Gasteiger partial charge on any atom is -0.417 e.